The van der Waals surface area contributed by atoms with Gasteiger partial charge in [-0.15, -0.1) is 0 Å². The minimum absolute atomic E-state index is 0.0852. The van der Waals surface area contributed by atoms with Crippen molar-refractivity contribution in [3.8, 4) is 0 Å². The monoisotopic (exact) mass is 561 g/mol. The first-order valence-corrected chi connectivity index (χ1v) is 14.9. The fraction of sp³-hybridized carbons (Fsp3) is 0.759. The van der Waals surface area contributed by atoms with Gasteiger partial charge in [0.15, 0.2) is 0 Å². The molecule has 3 fully saturated rings. The molecule has 0 radical (unpaired) electrons. The van der Waals surface area contributed by atoms with Gasteiger partial charge in [0, 0.05) is 32.0 Å². The first-order chi connectivity index (χ1) is 19.1. The van der Waals surface area contributed by atoms with Crippen molar-refractivity contribution in [3.05, 3.63) is 12.2 Å². The minimum atomic E-state index is -1.32. The number of allylic oxidation sites excluding steroid dienone is 1. The van der Waals surface area contributed by atoms with E-state index < -0.39 is 35.4 Å². The van der Waals surface area contributed by atoms with Crippen LogP contribution in [0.5, 0.6) is 0 Å². The zero-order chi connectivity index (χ0) is 29.3. The molecule has 1 saturated carbocycles. The molecule has 5 amide bonds. The highest BCUT2D eigenvalue weighted by Gasteiger charge is 2.61. The molecule has 0 aromatic carbocycles. The molecular weight excluding hydrogens is 514 g/mol. The van der Waals surface area contributed by atoms with Crippen molar-refractivity contribution in [1.29, 1.82) is 0 Å². The van der Waals surface area contributed by atoms with Crippen LogP contribution in [0.15, 0.2) is 12.2 Å². The molecule has 3 rings (SSSR count). The summed E-state index contributed by atoms with van der Waals surface area (Å²) in [5, 5.41) is 18.1. The van der Waals surface area contributed by atoms with E-state index in [2.05, 4.69) is 22.9 Å². The number of unbranched alkanes of at least 4 members (excludes halogenated alkanes) is 4. The fourth-order valence-corrected chi connectivity index (χ4v) is 5.59. The summed E-state index contributed by atoms with van der Waals surface area (Å²) < 4.78 is 0. The average Bonchev–Trinajstić information content (AvgIpc) is 3.20. The van der Waals surface area contributed by atoms with Crippen molar-refractivity contribution >= 4 is 29.7 Å². The molecule has 2 heterocycles. The lowest BCUT2D eigenvalue weighted by atomic mass is 10.0. The third kappa shape index (κ3) is 8.20. The summed E-state index contributed by atoms with van der Waals surface area (Å²) in [4.78, 5) is 65.9. The number of carbonyl (C=O) groups excluding carboxylic acids is 4. The molecule has 224 valence electrons. The molecule has 4 N–H and O–H groups in total. The van der Waals surface area contributed by atoms with Crippen LogP contribution in [0.25, 0.3) is 0 Å². The first-order valence-electron chi connectivity index (χ1n) is 14.9. The summed E-state index contributed by atoms with van der Waals surface area (Å²) in [5.41, 5.74) is -1.32. The molecule has 4 atom stereocenters. The number of nitrogens with zero attached hydrogens (tertiary/aromatic N) is 2. The average molecular weight is 562 g/mol. The van der Waals surface area contributed by atoms with E-state index in [0.29, 0.717) is 45.3 Å². The zero-order valence-corrected chi connectivity index (χ0v) is 24.2. The fourth-order valence-electron chi connectivity index (χ4n) is 5.59. The number of hydrogen-bond donors (Lipinski definition) is 4. The number of carboxylic acid groups (broad SMARTS) is 1. The lowest BCUT2D eigenvalue weighted by Crippen LogP contribution is -2.55. The molecule has 0 spiro atoms. The second-order valence-corrected chi connectivity index (χ2v) is 11.7. The van der Waals surface area contributed by atoms with E-state index in [1.165, 1.54) is 11.3 Å². The van der Waals surface area contributed by atoms with Crippen LogP contribution in [-0.2, 0) is 19.2 Å². The van der Waals surface area contributed by atoms with Gasteiger partial charge >= 0.3 is 12.0 Å². The number of carbonyl (C=O) groups is 5. The van der Waals surface area contributed by atoms with E-state index >= 15 is 0 Å². The molecule has 1 unspecified atom stereocenters. The molecule has 0 aromatic rings. The lowest BCUT2D eigenvalue weighted by molar-refractivity contribution is -0.145. The molecule has 11 nitrogen and oxygen atoms in total. The summed E-state index contributed by atoms with van der Waals surface area (Å²) in [7, 11) is 0. The van der Waals surface area contributed by atoms with Crippen LogP contribution < -0.4 is 16.0 Å². The van der Waals surface area contributed by atoms with Gasteiger partial charge in [-0.2, -0.15) is 0 Å². The summed E-state index contributed by atoms with van der Waals surface area (Å²) in [5.74, 6) is -2.02. The number of likely N-dealkylation sites (tertiary alicyclic amines) is 2. The Hall–Kier alpha value is -3.11. The van der Waals surface area contributed by atoms with Crippen LogP contribution in [0.2, 0.25) is 0 Å². The van der Waals surface area contributed by atoms with E-state index in [9.17, 15) is 29.1 Å². The molecule has 3 aliphatic rings. The van der Waals surface area contributed by atoms with Gasteiger partial charge in [0.1, 0.15) is 11.6 Å². The second-order valence-electron chi connectivity index (χ2n) is 11.7. The van der Waals surface area contributed by atoms with Crippen molar-refractivity contribution in [2.45, 2.75) is 103 Å². The van der Waals surface area contributed by atoms with Crippen molar-refractivity contribution in [3.63, 3.8) is 0 Å². The van der Waals surface area contributed by atoms with Crippen molar-refractivity contribution in [2.24, 2.45) is 11.8 Å². The Kier molecular flexibility index (Phi) is 11.4. The maximum atomic E-state index is 13.1. The summed E-state index contributed by atoms with van der Waals surface area (Å²) in [6, 6.07) is -1.53. The Labute approximate surface area is 237 Å². The maximum Gasteiger partial charge on any atom is 0.330 e. The van der Waals surface area contributed by atoms with E-state index in [0.717, 1.165) is 32.1 Å². The largest absolute Gasteiger partial charge is 0.479 e. The number of aliphatic carboxylic acids is 1. The highest BCUT2D eigenvalue weighted by atomic mass is 16.4. The van der Waals surface area contributed by atoms with Gasteiger partial charge in [-0.05, 0) is 44.4 Å². The van der Waals surface area contributed by atoms with Gasteiger partial charge in [-0.3, -0.25) is 14.4 Å². The summed E-state index contributed by atoms with van der Waals surface area (Å²) >= 11 is 0. The number of urea groups is 1. The van der Waals surface area contributed by atoms with Gasteiger partial charge in [-0.25, -0.2) is 9.59 Å². The Balaban J connectivity index is 1.48. The van der Waals surface area contributed by atoms with Crippen molar-refractivity contribution < 1.29 is 29.1 Å². The molecule has 2 aliphatic heterocycles. The first kappa shape index (κ1) is 31.4. The third-order valence-electron chi connectivity index (χ3n) is 8.32. The normalized spacial score (nSPS) is 24.9. The molecule has 1 aliphatic carbocycles. The topological polar surface area (TPSA) is 148 Å². The highest BCUT2D eigenvalue weighted by Crippen LogP contribution is 2.45. The smallest absolute Gasteiger partial charge is 0.330 e. The third-order valence-corrected chi connectivity index (χ3v) is 8.32. The number of hydrogen-bond acceptors (Lipinski definition) is 5. The van der Waals surface area contributed by atoms with E-state index in [1.807, 2.05) is 26.0 Å². The van der Waals surface area contributed by atoms with Crippen molar-refractivity contribution in [2.75, 3.05) is 26.2 Å². The van der Waals surface area contributed by atoms with Crippen molar-refractivity contribution in [1.82, 2.24) is 25.8 Å². The Morgan fingerprint density at radius 2 is 1.90 bits per heavy atom. The number of amides is 5. The standard InChI is InChI=1S/C29H47N5O6/c1-4-5-6-7-8-9-12-21-17-29(21,27(38)39)32-26(37)23-13-10-16-34(23)25(36)18-30-28(40)31-22(20(2)3)19-33-15-11-14-24(33)35/h9,12,20-23H,4-8,10-11,13-19H2,1-3H3,(H,32,37)(H,38,39)(H2,30,31,40)/b12-9-/t21?,22-,23+,29-/m1/s1. The second kappa shape index (κ2) is 14.5. The summed E-state index contributed by atoms with van der Waals surface area (Å²) in [6.07, 6.45) is 12.1. The van der Waals surface area contributed by atoms with Crippen LogP contribution >= 0.6 is 0 Å². The molecule has 40 heavy (non-hydrogen) atoms. The minimum Gasteiger partial charge on any atom is -0.479 e. The Bertz CT molecular complexity index is 969. The summed E-state index contributed by atoms with van der Waals surface area (Å²) in [6.45, 7) is 7.27. The van der Waals surface area contributed by atoms with Gasteiger partial charge < -0.3 is 30.9 Å². The molecule has 2 saturated heterocycles. The van der Waals surface area contributed by atoms with Crippen LogP contribution in [0, 0.1) is 11.8 Å². The van der Waals surface area contributed by atoms with Gasteiger partial charge in [0.2, 0.25) is 17.7 Å². The predicted octanol–water partition coefficient (Wildman–Crippen LogP) is 2.41. The molecule has 0 bridgehead atoms. The number of nitrogens with one attached hydrogen (secondary N) is 3. The van der Waals surface area contributed by atoms with Crippen LogP contribution in [0.4, 0.5) is 4.79 Å². The van der Waals surface area contributed by atoms with Crippen LogP contribution in [0.3, 0.4) is 0 Å². The van der Waals surface area contributed by atoms with Gasteiger partial charge in [0.25, 0.3) is 0 Å². The molecular formula is C29H47N5O6. The quantitative estimate of drug-likeness (QED) is 0.178. The highest BCUT2D eigenvalue weighted by molar-refractivity contribution is 5.95. The lowest BCUT2D eigenvalue weighted by Gasteiger charge is -2.28. The Morgan fingerprint density at radius 3 is 2.55 bits per heavy atom. The van der Waals surface area contributed by atoms with Crippen LogP contribution in [-0.4, -0.2) is 88.4 Å². The maximum absolute atomic E-state index is 13.1. The molecule has 0 aromatic heterocycles. The van der Waals surface area contributed by atoms with E-state index in [-0.39, 0.29) is 30.3 Å². The van der Waals surface area contributed by atoms with Gasteiger partial charge in [-0.1, -0.05) is 52.2 Å². The SMILES string of the molecule is CCCCCC/C=C\C1C[C@]1(NC(=O)[C@@H]1CCCN1C(=O)CNC(=O)N[C@H](CN1CCCC1=O)C(C)C)C(=O)O. The number of rotatable bonds is 15. The van der Waals surface area contributed by atoms with Crippen LogP contribution in [0.1, 0.15) is 85.0 Å². The zero-order valence-electron chi connectivity index (χ0n) is 24.2. The Morgan fingerprint density at radius 1 is 1.12 bits per heavy atom. The predicted molar refractivity (Wildman–Crippen MR) is 150 cm³/mol. The van der Waals surface area contributed by atoms with E-state index in [4.69, 9.17) is 0 Å². The van der Waals surface area contributed by atoms with E-state index in [1.54, 1.807) is 4.90 Å². The van der Waals surface area contributed by atoms with Gasteiger partial charge in [0.05, 0.1) is 12.6 Å². The molecule has 11 heteroatoms. The number of carboxylic acids is 1.